The molecule has 5 rings (SSSR count). The average Bonchev–Trinajstić information content (AvgIpc) is 3.49. The zero-order valence-electron chi connectivity index (χ0n) is 16.9. The van der Waals surface area contributed by atoms with Crippen LogP contribution in [0.2, 0.25) is 0 Å². The van der Waals surface area contributed by atoms with Crippen molar-refractivity contribution < 1.29 is 0 Å². The van der Waals surface area contributed by atoms with Crippen molar-refractivity contribution in [1.29, 1.82) is 0 Å². The molecule has 4 aromatic heterocycles. The largest absolute Gasteiger partial charge is 0.361 e. The molecule has 0 saturated carbocycles. The molecule has 1 aliphatic heterocycles. The van der Waals surface area contributed by atoms with E-state index in [9.17, 15) is 0 Å². The molecule has 0 aliphatic carbocycles. The Labute approximate surface area is 165 Å². The van der Waals surface area contributed by atoms with Gasteiger partial charge in [0.05, 0.1) is 0 Å². The lowest BCUT2D eigenvalue weighted by Crippen LogP contribution is -2.04. The van der Waals surface area contributed by atoms with Crippen molar-refractivity contribution in [3.63, 3.8) is 0 Å². The lowest BCUT2D eigenvalue weighted by atomic mass is 10.1. The molecule has 5 heterocycles. The quantitative estimate of drug-likeness (QED) is 0.296. The van der Waals surface area contributed by atoms with Gasteiger partial charge in [-0.1, -0.05) is 27.7 Å². The fourth-order valence-electron chi connectivity index (χ4n) is 4.41. The smallest absolute Gasteiger partial charge is 0.0363 e. The molecule has 28 heavy (non-hydrogen) atoms. The average molecular weight is 373 g/mol. The molecule has 4 aromatic rings. The predicted molar refractivity (Wildman–Crippen MR) is 113 cm³/mol. The van der Waals surface area contributed by atoms with Gasteiger partial charge in [-0.05, 0) is 48.5 Å². The highest BCUT2D eigenvalue weighted by Gasteiger charge is 2.21. The summed E-state index contributed by atoms with van der Waals surface area (Å²) in [6.45, 7) is 9.02. The van der Waals surface area contributed by atoms with Crippen LogP contribution in [0.4, 0.5) is 0 Å². The molecule has 0 unspecified atom stereocenters. The Kier molecular flexibility index (Phi) is 3.90. The zero-order chi connectivity index (χ0) is 19.4. The molecule has 0 fully saturated rings. The molecule has 0 spiro atoms. The van der Waals surface area contributed by atoms with Crippen molar-refractivity contribution in [1.82, 2.24) is 19.9 Å². The van der Waals surface area contributed by atoms with Gasteiger partial charge in [0.1, 0.15) is 0 Å². The molecular weight excluding hydrogens is 344 g/mol. The van der Waals surface area contributed by atoms with E-state index in [0.717, 1.165) is 0 Å². The van der Waals surface area contributed by atoms with Crippen LogP contribution in [0.15, 0.2) is 48.5 Å². The maximum Gasteiger partial charge on any atom is 0.0363 e. The molecule has 1 aliphatic rings. The molecule has 0 radical (unpaired) electrons. The highest BCUT2D eigenvalue weighted by Crippen LogP contribution is 2.33. The van der Waals surface area contributed by atoms with Gasteiger partial charge in [-0.25, -0.2) is 0 Å². The number of aromatic nitrogens is 4. The lowest BCUT2D eigenvalue weighted by Gasteiger charge is -2.14. The van der Waals surface area contributed by atoms with Gasteiger partial charge in [-0.15, -0.1) is 0 Å². The summed E-state index contributed by atoms with van der Waals surface area (Å²) in [7, 11) is 0. The van der Waals surface area contributed by atoms with E-state index in [1.165, 1.54) is 45.6 Å². The van der Waals surface area contributed by atoms with Crippen molar-refractivity contribution in [3.8, 4) is 0 Å². The van der Waals surface area contributed by atoms with E-state index in [1.807, 2.05) is 0 Å². The van der Waals surface area contributed by atoms with Gasteiger partial charge in [0.2, 0.25) is 0 Å². The van der Waals surface area contributed by atoms with Crippen molar-refractivity contribution in [2.45, 2.75) is 51.4 Å². The molecule has 4 heteroatoms. The van der Waals surface area contributed by atoms with E-state index in [2.05, 4.69) is 96.2 Å². The summed E-state index contributed by atoms with van der Waals surface area (Å²) in [5.41, 5.74) is 9.98. The maximum absolute atomic E-state index is 3.67. The second-order valence-electron chi connectivity index (χ2n) is 8.36. The minimum absolute atomic E-state index is 0.299. The molecule has 0 saturated heterocycles. The topological polar surface area (TPSA) is 63.2 Å². The van der Waals surface area contributed by atoms with Gasteiger partial charge in [0.25, 0.3) is 0 Å². The Balaban J connectivity index is 1.65. The van der Waals surface area contributed by atoms with E-state index in [-0.39, 0.29) is 0 Å². The number of fused-ring (bicyclic) bond motifs is 8. The summed E-state index contributed by atoms with van der Waals surface area (Å²) in [6, 6.07) is 17.8. The number of nitrogens with one attached hydrogen (secondary N) is 4. The lowest BCUT2D eigenvalue weighted by molar-refractivity contribution is 0.769. The summed E-state index contributed by atoms with van der Waals surface area (Å²) >= 11 is 0. The fraction of sp³-hybridized carbons (Fsp3) is 0.333. The molecular formula is C24H28N4. The van der Waals surface area contributed by atoms with Crippen molar-refractivity contribution >= 4 is 0 Å². The van der Waals surface area contributed by atoms with Crippen molar-refractivity contribution in [3.05, 3.63) is 94.1 Å². The molecule has 0 atom stereocenters. The zero-order valence-corrected chi connectivity index (χ0v) is 16.9. The first kappa shape index (κ1) is 17.2. The van der Waals surface area contributed by atoms with E-state index >= 15 is 0 Å². The number of H-pyrrole nitrogens is 4. The SMILES string of the molecule is CC1c2ccc([nH]2)C(C)c2ccc([nH]2)C(C)c2ccc([nH]2)C(C)c2ccc1[nH]2. The van der Waals surface area contributed by atoms with Crippen LogP contribution in [0.3, 0.4) is 0 Å². The number of aromatic amines is 4. The highest BCUT2D eigenvalue weighted by molar-refractivity contribution is 5.36. The van der Waals surface area contributed by atoms with Gasteiger partial charge in [0, 0.05) is 69.2 Å². The van der Waals surface area contributed by atoms with Crippen LogP contribution < -0.4 is 0 Å². The van der Waals surface area contributed by atoms with E-state index in [4.69, 9.17) is 0 Å². The number of hydrogen-bond acceptors (Lipinski definition) is 0. The van der Waals surface area contributed by atoms with Crippen LogP contribution in [0.5, 0.6) is 0 Å². The Hall–Kier alpha value is -2.88. The van der Waals surface area contributed by atoms with Crippen LogP contribution in [0, 0.1) is 0 Å². The fourth-order valence-corrected chi connectivity index (χ4v) is 4.41. The second kappa shape index (κ2) is 6.33. The summed E-state index contributed by atoms with van der Waals surface area (Å²) in [5, 5.41) is 0. The second-order valence-corrected chi connectivity index (χ2v) is 8.36. The monoisotopic (exact) mass is 372 g/mol. The number of rotatable bonds is 0. The van der Waals surface area contributed by atoms with Gasteiger partial charge in [0.15, 0.2) is 0 Å². The molecule has 0 aromatic carbocycles. The normalized spacial score (nSPS) is 24.4. The van der Waals surface area contributed by atoms with Gasteiger partial charge >= 0.3 is 0 Å². The van der Waals surface area contributed by atoms with Crippen molar-refractivity contribution in [2.24, 2.45) is 0 Å². The number of hydrogen-bond donors (Lipinski definition) is 4. The summed E-state index contributed by atoms with van der Waals surface area (Å²) in [4.78, 5) is 14.7. The summed E-state index contributed by atoms with van der Waals surface area (Å²) in [6.07, 6.45) is 0. The van der Waals surface area contributed by atoms with Crippen LogP contribution in [0.25, 0.3) is 0 Å². The summed E-state index contributed by atoms with van der Waals surface area (Å²) < 4.78 is 0. The molecule has 0 amide bonds. The molecule has 144 valence electrons. The third-order valence-electron chi connectivity index (χ3n) is 6.66. The van der Waals surface area contributed by atoms with Crippen LogP contribution >= 0.6 is 0 Å². The first-order valence-electron chi connectivity index (χ1n) is 10.3. The molecule has 4 nitrogen and oxygen atoms in total. The third kappa shape index (κ3) is 2.67. The van der Waals surface area contributed by atoms with Crippen molar-refractivity contribution in [2.75, 3.05) is 0 Å². The molecule has 4 N–H and O–H groups in total. The Morgan fingerprint density at radius 3 is 0.643 bits per heavy atom. The molecule has 8 bridgehead atoms. The highest BCUT2D eigenvalue weighted by atomic mass is 14.8. The predicted octanol–water partition coefficient (Wildman–Crippen LogP) is 5.92. The van der Waals surface area contributed by atoms with E-state index < -0.39 is 0 Å². The first-order chi connectivity index (χ1) is 13.5. The Morgan fingerprint density at radius 1 is 0.357 bits per heavy atom. The van der Waals surface area contributed by atoms with Gasteiger partial charge < -0.3 is 19.9 Å². The van der Waals surface area contributed by atoms with Crippen LogP contribution in [-0.4, -0.2) is 19.9 Å². The van der Waals surface area contributed by atoms with Crippen LogP contribution in [-0.2, 0) is 0 Å². The van der Waals surface area contributed by atoms with E-state index in [1.54, 1.807) is 0 Å². The first-order valence-corrected chi connectivity index (χ1v) is 10.3. The Bertz CT molecular complexity index is 854. The van der Waals surface area contributed by atoms with Crippen LogP contribution in [0.1, 0.15) is 96.9 Å². The van der Waals surface area contributed by atoms with Gasteiger partial charge in [-0.2, -0.15) is 0 Å². The standard InChI is InChI=1S/C24H28N4/c1-13-17-5-7-19(25-17)14(2)21-9-11-23(27-21)16(4)24-12-10-22(28-24)15(3)20-8-6-18(13)26-20/h5-16,25-28H,1-4H3. The summed E-state index contributed by atoms with van der Waals surface area (Å²) in [5.74, 6) is 1.20. The van der Waals surface area contributed by atoms with E-state index in [0.29, 0.717) is 23.7 Å². The maximum atomic E-state index is 3.67. The minimum atomic E-state index is 0.299. The minimum Gasteiger partial charge on any atom is -0.361 e. The Morgan fingerprint density at radius 2 is 0.500 bits per heavy atom. The van der Waals surface area contributed by atoms with Gasteiger partial charge in [-0.3, -0.25) is 0 Å². The third-order valence-corrected chi connectivity index (χ3v) is 6.66.